The van der Waals surface area contributed by atoms with Gasteiger partial charge in [-0.1, -0.05) is 13.3 Å². The summed E-state index contributed by atoms with van der Waals surface area (Å²) < 4.78 is 10.6. The standard InChI is InChI=1S/C12H25NO2/c1-3-13-10-12(7-9-15-11-12)6-4-5-8-14-2/h13H,3-11H2,1-2H3. The van der Waals surface area contributed by atoms with Crippen LogP contribution >= 0.6 is 0 Å². The van der Waals surface area contributed by atoms with Crippen LogP contribution in [-0.4, -0.2) is 40.0 Å². The molecule has 3 heteroatoms. The van der Waals surface area contributed by atoms with Crippen molar-refractivity contribution in [3.8, 4) is 0 Å². The Morgan fingerprint density at radius 2 is 2.27 bits per heavy atom. The van der Waals surface area contributed by atoms with Crippen molar-refractivity contribution in [3.63, 3.8) is 0 Å². The molecule has 1 heterocycles. The average molecular weight is 215 g/mol. The van der Waals surface area contributed by atoms with Gasteiger partial charge in [-0.25, -0.2) is 0 Å². The maximum absolute atomic E-state index is 5.54. The van der Waals surface area contributed by atoms with Gasteiger partial charge in [-0.05, 0) is 25.8 Å². The van der Waals surface area contributed by atoms with Crippen molar-refractivity contribution in [2.45, 2.75) is 32.6 Å². The Kier molecular flexibility index (Phi) is 6.22. The largest absolute Gasteiger partial charge is 0.385 e. The van der Waals surface area contributed by atoms with Gasteiger partial charge in [-0.3, -0.25) is 0 Å². The van der Waals surface area contributed by atoms with E-state index < -0.39 is 0 Å². The van der Waals surface area contributed by atoms with Crippen molar-refractivity contribution in [2.75, 3.05) is 40.0 Å². The van der Waals surface area contributed by atoms with Crippen molar-refractivity contribution in [2.24, 2.45) is 5.41 Å². The number of methoxy groups -OCH3 is 1. The van der Waals surface area contributed by atoms with Gasteiger partial charge in [0, 0.05) is 32.3 Å². The van der Waals surface area contributed by atoms with Gasteiger partial charge in [-0.2, -0.15) is 0 Å². The van der Waals surface area contributed by atoms with Crippen LogP contribution in [0.4, 0.5) is 0 Å². The van der Waals surface area contributed by atoms with E-state index in [1.807, 2.05) is 0 Å². The summed E-state index contributed by atoms with van der Waals surface area (Å²) in [6.45, 7) is 7.09. The molecule has 1 unspecified atom stereocenters. The number of ether oxygens (including phenoxy) is 2. The molecule has 0 aromatic carbocycles. The third kappa shape index (κ3) is 4.49. The molecule has 90 valence electrons. The molecule has 0 spiro atoms. The van der Waals surface area contributed by atoms with Gasteiger partial charge < -0.3 is 14.8 Å². The summed E-state index contributed by atoms with van der Waals surface area (Å²) in [5.74, 6) is 0. The molecule has 1 saturated heterocycles. The lowest BCUT2D eigenvalue weighted by Crippen LogP contribution is -2.34. The first-order valence-electron chi connectivity index (χ1n) is 6.10. The van der Waals surface area contributed by atoms with E-state index in [9.17, 15) is 0 Å². The van der Waals surface area contributed by atoms with Crippen LogP contribution in [0.5, 0.6) is 0 Å². The van der Waals surface area contributed by atoms with Gasteiger partial charge in [0.2, 0.25) is 0 Å². The van der Waals surface area contributed by atoms with E-state index in [1.165, 1.54) is 25.7 Å². The van der Waals surface area contributed by atoms with Crippen molar-refractivity contribution < 1.29 is 9.47 Å². The molecule has 1 fully saturated rings. The fraction of sp³-hybridized carbons (Fsp3) is 1.00. The number of unbranched alkanes of at least 4 members (excludes halogenated alkanes) is 1. The lowest BCUT2D eigenvalue weighted by molar-refractivity contribution is 0.137. The van der Waals surface area contributed by atoms with E-state index in [-0.39, 0.29) is 0 Å². The zero-order chi connectivity index (χ0) is 11.0. The first-order valence-corrected chi connectivity index (χ1v) is 6.10. The van der Waals surface area contributed by atoms with E-state index in [4.69, 9.17) is 9.47 Å². The first kappa shape index (κ1) is 12.9. The van der Waals surface area contributed by atoms with Crippen molar-refractivity contribution in [1.29, 1.82) is 0 Å². The van der Waals surface area contributed by atoms with Crippen LogP contribution in [0.25, 0.3) is 0 Å². The van der Waals surface area contributed by atoms with Crippen LogP contribution in [0.15, 0.2) is 0 Å². The Hall–Kier alpha value is -0.120. The lowest BCUT2D eigenvalue weighted by atomic mass is 9.82. The lowest BCUT2D eigenvalue weighted by Gasteiger charge is -2.27. The molecule has 0 aliphatic carbocycles. The molecule has 1 aliphatic heterocycles. The van der Waals surface area contributed by atoms with E-state index in [1.54, 1.807) is 7.11 Å². The fourth-order valence-corrected chi connectivity index (χ4v) is 2.21. The second kappa shape index (κ2) is 7.20. The molecule has 0 aromatic heterocycles. The Morgan fingerprint density at radius 3 is 2.87 bits per heavy atom. The Balaban J connectivity index is 2.23. The smallest absolute Gasteiger partial charge is 0.0535 e. The summed E-state index contributed by atoms with van der Waals surface area (Å²) >= 11 is 0. The maximum Gasteiger partial charge on any atom is 0.0535 e. The summed E-state index contributed by atoms with van der Waals surface area (Å²) in [5.41, 5.74) is 0.406. The van der Waals surface area contributed by atoms with E-state index in [2.05, 4.69) is 12.2 Å². The SMILES string of the molecule is CCNCC1(CCCCOC)CCOC1. The number of rotatable bonds is 8. The summed E-state index contributed by atoms with van der Waals surface area (Å²) in [6, 6.07) is 0. The summed E-state index contributed by atoms with van der Waals surface area (Å²) in [5, 5.41) is 3.46. The molecule has 3 nitrogen and oxygen atoms in total. The molecule has 0 aromatic rings. The molecule has 1 atom stereocenters. The first-order chi connectivity index (χ1) is 7.33. The Bertz CT molecular complexity index is 156. The van der Waals surface area contributed by atoms with Crippen molar-refractivity contribution in [3.05, 3.63) is 0 Å². The Labute approximate surface area is 93.5 Å². The molecule has 1 N–H and O–H groups in total. The van der Waals surface area contributed by atoms with Gasteiger partial charge >= 0.3 is 0 Å². The van der Waals surface area contributed by atoms with Gasteiger partial charge in [0.25, 0.3) is 0 Å². The molecule has 15 heavy (non-hydrogen) atoms. The van der Waals surface area contributed by atoms with Gasteiger partial charge in [0.05, 0.1) is 6.61 Å². The van der Waals surface area contributed by atoms with E-state index in [0.29, 0.717) is 5.41 Å². The van der Waals surface area contributed by atoms with Gasteiger partial charge in [0.1, 0.15) is 0 Å². The molecule has 0 saturated carbocycles. The fourth-order valence-electron chi connectivity index (χ4n) is 2.21. The van der Waals surface area contributed by atoms with E-state index >= 15 is 0 Å². The second-order valence-corrected chi connectivity index (χ2v) is 4.53. The predicted molar refractivity (Wildman–Crippen MR) is 62.1 cm³/mol. The minimum absolute atomic E-state index is 0.406. The van der Waals surface area contributed by atoms with Crippen LogP contribution in [0.1, 0.15) is 32.6 Å². The highest BCUT2D eigenvalue weighted by Crippen LogP contribution is 2.33. The van der Waals surface area contributed by atoms with Crippen molar-refractivity contribution >= 4 is 0 Å². The molecular formula is C12H25NO2. The maximum atomic E-state index is 5.54. The highest BCUT2D eigenvalue weighted by molar-refractivity contribution is 4.85. The summed E-state index contributed by atoms with van der Waals surface area (Å²) in [6.07, 6.45) is 4.91. The van der Waals surface area contributed by atoms with Crippen LogP contribution in [-0.2, 0) is 9.47 Å². The number of nitrogens with one attached hydrogen (secondary N) is 1. The highest BCUT2D eigenvalue weighted by atomic mass is 16.5. The quantitative estimate of drug-likeness (QED) is 0.627. The molecule has 0 radical (unpaired) electrons. The zero-order valence-corrected chi connectivity index (χ0v) is 10.2. The monoisotopic (exact) mass is 215 g/mol. The predicted octanol–water partition coefficient (Wildman–Crippen LogP) is 1.82. The van der Waals surface area contributed by atoms with Crippen molar-refractivity contribution in [1.82, 2.24) is 5.32 Å². The zero-order valence-electron chi connectivity index (χ0n) is 10.2. The van der Waals surface area contributed by atoms with Gasteiger partial charge in [0.15, 0.2) is 0 Å². The Morgan fingerprint density at radius 1 is 1.40 bits per heavy atom. The topological polar surface area (TPSA) is 30.5 Å². The molecular weight excluding hydrogens is 190 g/mol. The van der Waals surface area contributed by atoms with E-state index in [0.717, 1.165) is 32.9 Å². The average Bonchev–Trinajstić information content (AvgIpc) is 2.71. The molecule has 0 bridgehead atoms. The third-order valence-corrected chi connectivity index (χ3v) is 3.24. The van der Waals surface area contributed by atoms with Crippen LogP contribution in [0.3, 0.4) is 0 Å². The number of hydrogen-bond donors (Lipinski definition) is 1. The molecule has 0 amide bonds. The number of hydrogen-bond acceptors (Lipinski definition) is 3. The summed E-state index contributed by atoms with van der Waals surface area (Å²) in [4.78, 5) is 0. The third-order valence-electron chi connectivity index (χ3n) is 3.24. The highest BCUT2D eigenvalue weighted by Gasteiger charge is 2.33. The minimum atomic E-state index is 0.406. The molecule has 1 aliphatic rings. The van der Waals surface area contributed by atoms with Crippen LogP contribution < -0.4 is 5.32 Å². The summed E-state index contributed by atoms with van der Waals surface area (Å²) in [7, 11) is 1.77. The van der Waals surface area contributed by atoms with Crippen LogP contribution in [0.2, 0.25) is 0 Å². The van der Waals surface area contributed by atoms with Gasteiger partial charge in [-0.15, -0.1) is 0 Å². The normalized spacial score (nSPS) is 26.0. The van der Waals surface area contributed by atoms with Crippen LogP contribution in [0, 0.1) is 5.41 Å². The second-order valence-electron chi connectivity index (χ2n) is 4.53. The minimum Gasteiger partial charge on any atom is -0.385 e. The molecule has 1 rings (SSSR count).